The molecule has 2 aromatic heterocycles. The number of nitrogens with one attached hydrogen (secondary N) is 2. The van der Waals surface area contributed by atoms with Gasteiger partial charge in [0.2, 0.25) is 5.88 Å². The van der Waals surface area contributed by atoms with E-state index < -0.39 is 0 Å². The summed E-state index contributed by atoms with van der Waals surface area (Å²) in [5.74, 6) is 0.905. The lowest BCUT2D eigenvalue weighted by atomic mass is 9.98. The lowest BCUT2D eigenvalue weighted by molar-refractivity contribution is 0.0879. The fourth-order valence-corrected chi connectivity index (χ4v) is 3.67. The number of fused-ring (bicyclic) bond motifs is 1. The number of hydrogen-bond acceptors (Lipinski definition) is 5. The number of aromatic nitrogens is 3. The van der Waals surface area contributed by atoms with Crippen LogP contribution in [0.5, 0.6) is 5.88 Å². The van der Waals surface area contributed by atoms with E-state index in [9.17, 15) is 9.59 Å². The number of imide groups is 1. The van der Waals surface area contributed by atoms with Crippen molar-refractivity contribution < 1.29 is 14.3 Å². The number of unbranched alkanes of at least 4 members (excludes halogenated alkanes) is 1. The van der Waals surface area contributed by atoms with Crippen LogP contribution in [-0.4, -0.2) is 33.9 Å². The molecule has 7 nitrogen and oxygen atoms in total. The van der Waals surface area contributed by atoms with Crippen LogP contribution in [0.25, 0.3) is 11.3 Å². The third-order valence-electron chi connectivity index (χ3n) is 5.11. The molecule has 2 N–H and O–H groups in total. The Morgan fingerprint density at radius 1 is 1.03 bits per heavy atom. The van der Waals surface area contributed by atoms with Gasteiger partial charge in [-0.25, -0.2) is 9.97 Å². The lowest BCUT2D eigenvalue weighted by Crippen LogP contribution is -2.20. The van der Waals surface area contributed by atoms with Gasteiger partial charge in [0, 0.05) is 29.9 Å². The summed E-state index contributed by atoms with van der Waals surface area (Å²) in [6, 6.07) is 9.21. The molecule has 1 aromatic carbocycles. The summed E-state index contributed by atoms with van der Waals surface area (Å²) in [6.45, 7) is 2.00. The molecule has 29 heavy (non-hydrogen) atoms. The van der Waals surface area contributed by atoms with Crippen molar-refractivity contribution in [3.8, 4) is 17.1 Å². The van der Waals surface area contributed by atoms with Crippen LogP contribution in [0.1, 0.15) is 50.6 Å². The highest BCUT2D eigenvalue weighted by Crippen LogP contribution is 2.24. The van der Waals surface area contributed by atoms with Crippen molar-refractivity contribution in [2.24, 2.45) is 0 Å². The van der Waals surface area contributed by atoms with Crippen molar-refractivity contribution in [2.75, 3.05) is 7.11 Å². The molecule has 0 atom stereocenters. The highest BCUT2D eigenvalue weighted by molar-refractivity contribution is 6.22. The first-order chi connectivity index (χ1) is 14.1. The summed E-state index contributed by atoms with van der Waals surface area (Å²) >= 11 is 0. The Labute approximate surface area is 168 Å². The van der Waals surface area contributed by atoms with E-state index >= 15 is 0 Å². The number of imidazole rings is 1. The highest BCUT2D eigenvalue weighted by Gasteiger charge is 2.28. The second-order valence-corrected chi connectivity index (χ2v) is 7.08. The van der Waals surface area contributed by atoms with Crippen LogP contribution >= 0.6 is 0 Å². The van der Waals surface area contributed by atoms with Crippen LogP contribution in [-0.2, 0) is 12.8 Å². The number of aryl methyl sites for hydroxylation is 3. The number of hydrogen-bond donors (Lipinski definition) is 2. The quantitative estimate of drug-likeness (QED) is 0.477. The summed E-state index contributed by atoms with van der Waals surface area (Å²) in [5, 5.41) is 2.36. The zero-order valence-electron chi connectivity index (χ0n) is 16.4. The first-order valence-corrected chi connectivity index (χ1v) is 9.60. The third kappa shape index (κ3) is 3.76. The first-order valence-electron chi connectivity index (χ1n) is 9.60. The molecule has 148 valence electrons. The molecule has 0 spiro atoms. The molecule has 0 unspecified atom stereocenters. The van der Waals surface area contributed by atoms with Gasteiger partial charge in [-0.2, -0.15) is 0 Å². The van der Waals surface area contributed by atoms with E-state index in [0.717, 1.165) is 54.0 Å². The highest BCUT2D eigenvalue weighted by atomic mass is 16.5. The molecule has 0 bridgehead atoms. The normalized spacial score (nSPS) is 12.8. The largest absolute Gasteiger partial charge is 0.481 e. The number of carbonyl (C=O) groups excluding carboxylic acids is 2. The first kappa shape index (κ1) is 18.9. The number of amides is 2. The molecule has 4 rings (SSSR count). The number of pyridine rings is 1. The van der Waals surface area contributed by atoms with Gasteiger partial charge >= 0.3 is 0 Å². The van der Waals surface area contributed by atoms with E-state index in [0.29, 0.717) is 17.0 Å². The van der Waals surface area contributed by atoms with Gasteiger partial charge < -0.3 is 9.72 Å². The number of ether oxygens (including phenoxy) is 1. The van der Waals surface area contributed by atoms with Gasteiger partial charge in [0.1, 0.15) is 5.82 Å². The van der Waals surface area contributed by atoms with Crippen LogP contribution in [0.2, 0.25) is 0 Å². The molecule has 0 fully saturated rings. The lowest BCUT2D eigenvalue weighted by Gasteiger charge is -2.05. The molecule has 1 aliphatic rings. The summed E-state index contributed by atoms with van der Waals surface area (Å²) in [5.41, 5.74) is 4.77. The van der Waals surface area contributed by atoms with Crippen LogP contribution in [0.4, 0.5) is 0 Å². The SMILES string of the molecule is COc1ccc(-c2nc(CCCCc3cccc4c3C(=O)NC4=O)[nH]c2C)cn1. The maximum atomic E-state index is 12.0. The van der Waals surface area contributed by atoms with Gasteiger partial charge in [-0.05, 0) is 43.9 Å². The molecule has 0 aliphatic carbocycles. The van der Waals surface area contributed by atoms with Gasteiger partial charge in [-0.3, -0.25) is 14.9 Å². The zero-order valence-corrected chi connectivity index (χ0v) is 16.4. The maximum Gasteiger partial charge on any atom is 0.259 e. The van der Waals surface area contributed by atoms with Crippen molar-refractivity contribution in [3.63, 3.8) is 0 Å². The van der Waals surface area contributed by atoms with Gasteiger partial charge in [0.05, 0.1) is 23.9 Å². The van der Waals surface area contributed by atoms with E-state index in [-0.39, 0.29) is 11.8 Å². The molecule has 0 saturated heterocycles. The summed E-state index contributed by atoms with van der Waals surface area (Å²) in [6.07, 6.45) is 5.14. The molecule has 3 heterocycles. The minimum Gasteiger partial charge on any atom is -0.481 e. The molecule has 0 saturated carbocycles. The Morgan fingerprint density at radius 2 is 1.86 bits per heavy atom. The van der Waals surface area contributed by atoms with Gasteiger partial charge in [0.15, 0.2) is 0 Å². The summed E-state index contributed by atoms with van der Waals surface area (Å²) in [7, 11) is 1.59. The Morgan fingerprint density at radius 3 is 2.62 bits per heavy atom. The third-order valence-corrected chi connectivity index (χ3v) is 5.11. The fraction of sp³-hybridized carbons (Fsp3) is 0.273. The van der Waals surface area contributed by atoms with Crippen molar-refractivity contribution in [2.45, 2.75) is 32.6 Å². The molecule has 2 amide bonds. The molecule has 7 heteroatoms. The van der Waals surface area contributed by atoms with E-state index in [1.807, 2.05) is 31.2 Å². The Hall–Kier alpha value is -3.48. The number of rotatable bonds is 7. The summed E-state index contributed by atoms with van der Waals surface area (Å²) in [4.78, 5) is 36.1. The molecular weight excluding hydrogens is 368 g/mol. The average Bonchev–Trinajstić information content (AvgIpc) is 3.25. The topological polar surface area (TPSA) is 97.0 Å². The van der Waals surface area contributed by atoms with Gasteiger partial charge in [0.25, 0.3) is 11.8 Å². The zero-order chi connectivity index (χ0) is 20.4. The monoisotopic (exact) mass is 390 g/mol. The van der Waals surface area contributed by atoms with Crippen molar-refractivity contribution in [1.82, 2.24) is 20.3 Å². The maximum absolute atomic E-state index is 12.0. The minimum absolute atomic E-state index is 0.292. The predicted molar refractivity (Wildman–Crippen MR) is 108 cm³/mol. The number of carbonyl (C=O) groups is 2. The number of aromatic amines is 1. The van der Waals surface area contributed by atoms with Crippen LogP contribution in [0, 0.1) is 6.92 Å². The summed E-state index contributed by atoms with van der Waals surface area (Å²) < 4.78 is 5.10. The minimum atomic E-state index is -0.307. The van der Waals surface area contributed by atoms with E-state index in [1.165, 1.54) is 0 Å². The second kappa shape index (κ2) is 7.87. The number of H-pyrrole nitrogens is 1. The Bertz CT molecular complexity index is 1070. The predicted octanol–water partition coefficient (Wildman–Crippen LogP) is 3.24. The van der Waals surface area contributed by atoms with Gasteiger partial charge in [-0.15, -0.1) is 0 Å². The van der Waals surface area contributed by atoms with Crippen LogP contribution in [0.3, 0.4) is 0 Å². The van der Waals surface area contributed by atoms with E-state index in [1.54, 1.807) is 19.4 Å². The van der Waals surface area contributed by atoms with Crippen molar-refractivity contribution >= 4 is 11.8 Å². The van der Waals surface area contributed by atoms with Crippen LogP contribution in [0.15, 0.2) is 36.5 Å². The Balaban J connectivity index is 1.38. The van der Waals surface area contributed by atoms with E-state index in [4.69, 9.17) is 9.72 Å². The van der Waals surface area contributed by atoms with Crippen LogP contribution < -0.4 is 10.1 Å². The number of methoxy groups -OCH3 is 1. The molecular formula is C22H22N4O3. The Kier molecular flexibility index (Phi) is 5.12. The fourth-order valence-electron chi connectivity index (χ4n) is 3.67. The van der Waals surface area contributed by atoms with Gasteiger partial charge in [-0.1, -0.05) is 12.1 Å². The molecule has 3 aromatic rings. The number of nitrogens with zero attached hydrogens (tertiary/aromatic N) is 2. The second-order valence-electron chi connectivity index (χ2n) is 7.08. The van der Waals surface area contributed by atoms with Crippen molar-refractivity contribution in [3.05, 3.63) is 64.7 Å². The molecule has 0 radical (unpaired) electrons. The smallest absolute Gasteiger partial charge is 0.259 e. The van der Waals surface area contributed by atoms with Crippen molar-refractivity contribution in [1.29, 1.82) is 0 Å². The average molecular weight is 390 g/mol. The molecule has 1 aliphatic heterocycles. The number of benzene rings is 1. The standard InChI is InChI=1S/C22H22N4O3/c1-13-20(15-10-11-18(29-2)23-12-15)25-17(24-13)9-4-3-6-14-7-5-8-16-19(14)22(28)26-21(16)27/h5,7-8,10-12H,3-4,6,9H2,1-2H3,(H,24,25)(H,26,27,28). The van der Waals surface area contributed by atoms with E-state index in [2.05, 4.69) is 15.3 Å².